The van der Waals surface area contributed by atoms with Crippen molar-refractivity contribution in [2.45, 2.75) is 46.1 Å². The summed E-state index contributed by atoms with van der Waals surface area (Å²) in [7, 11) is 0. The van der Waals surface area contributed by atoms with Gasteiger partial charge in [0.15, 0.2) is 0 Å². The molecule has 1 saturated heterocycles. The molecule has 2 aliphatic heterocycles. The van der Waals surface area contributed by atoms with E-state index < -0.39 is 0 Å². The maximum atomic E-state index is 13.1. The number of fused-ring (bicyclic) bond motifs is 2. The van der Waals surface area contributed by atoms with Crippen molar-refractivity contribution in [3.05, 3.63) is 39.9 Å². The van der Waals surface area contributed by atoms with Crippen molar-refractivity contribution < 1.29 is 9.59 Å². The fourth-order valence-electron chi connectivity index (χ4n) is 4.71. The lowest BCUT2D eigenvalue weighted by Crippen LogP contribution is -2.51. The van der Waals surface area contributed by atoms with Crippen LogP contribution in [0.1, 0.15) is 49.3 Å². The number of amides is 2. The van der Waals surface area contributed by atoms with Gasteiger partial charge in [-0.25, -0.2) is 4.98 Å². The molecule has 2 aromatic rings. The number of benzene rings is 1. The Morgan fingerprint density at radius 3 is 2.47 bits per heavy atom. The molecule has 2 aliphatic rings. The summed E-state index contributed by atoms with van der Waals surface area (Å²) in [5.41, 5.74) is 1.17. The number of aromatic nitrogens is 2. The molecular weight excluding hydrogens is 406 g/mol. The Bertz CT molecular complexity index is 1050. The highest BCUT2D eigenvalue weighted by Crippen LogP contribution is 2.18. The third kappa shape index (κ3) is 4.55. The van der Waals surface area contributed by atoms with E-state index >= 15 is 0 Å². The average Bonchev–Trinajstić information content (AvgIpc) is 3.05. The van der Waals surface area contributed by atoms with Crippen LogP contribution in [0, 0.1) is 0 Å². The van der Waals surface area contributed by atoms with E-state index in [2.05, 4.69) is 4.90 Å². The Kier molecular flexibility index (Phi) is 6.89. The zero-order chi connectivity index (χ0) is 22.7. The van der Waals surface area contributed by atoms with Gasteiger partial charge < -0.3 is 9.80 Å². The van der Waals surface area contributed by atoms with E-state index in [4.69, 9.17) is 4.98 Å². The second-order valence-electron chi connectivity index (χ2n) is 8.66. The zero-order valence-electron chi connectivity index (χ0n) is 19.2. The van der Waals surface area contributed by atoms with Crippen molar-refractivity contribution in [2.75, 3.05) is 45.8 Å². The molecule has 0 N–H and O–H groups in total. The highest BCUT2D eigenvalue weighted by molar-refractivity contribution is 5.97. The van der Waals surface area contributed by atoms with Crippen molar-refractivity contribution >= 4 is 22.7 Å². The van der Waals surface area contributed by atoms with Crippen LogP contribution in [0.2, 0.25) is 0 Å². The first-order valence-electron chi connectivity index (χ1n) is 11.8. The average molecular weight is 440 g/mol. The molecule has 8 heteroatoms. The molecule has 4 rings (SSSR count). The molecule has 0 aliphatic carbocycles. The molecular formula is C24H33N5O3. The number of hydrogen-bond donors (Lipinski definition) is 0. The lowest BCUT2D eigenvalue weighted by Gasteiger charge is -2.35. The van der Waals surface area contributed by atoms with Crippen LogP contribution in [-0.2, 0) is 17.8 Å². The minimum Gasteiger partial charge on any atom is -0.342 e. The van der Waals surface area contributed by atoms with Crippen LogP contribution in [0.5, 0.6) is 0 Å². The van der Waals surface area contributed by atoms with E-state index in [0.717, 1.165) is 51.1 Å². The third-order valence-corrected chi connectivity index (χ3v) is 6.70. The molecule has 0 atom stereocenters. The lowest BCUT2D eigenvalue weighted by atomic mass is 10.1. The molecule has 32 heavy (non-hydrogen) atoms. The van der Waals surface area contributed by atoms with Gasteiger partial charge in [-0.1, -0.05) is 6.42 Å². The number of hydrogen-bond acceptors (Lipinski definition) is 5. The van der Waals surface area contributed by atoms with E-state index in [-0.39, 0.29) is 17.4 Å². The summed E-state index contributed by atoms with van der Waals surface area (Å²) in [4.78, 5) is 48.9. The first-order valence-corrected chi connectivity index (χ1v) is 11.8. The van der Waals surface area contributed by atoms with Gasteiger partial charge in [0.1, 0.15) is 5.82 Å². The van der Waals surface area contributed by atoms with Gasteiger partial charge in [0.25, 0.3) is 11.5 Å². The minimum atomic E-state index is -0.0431. The molecule has 0 spiro atoms. The topological polar surface area (TPSA) is 78.8 Å². The number of piperazine rings is 1. The molecule has 8 nitrogen and oxygen atoms in total. The van der Waals surface area contributed by atoms with Crippen LogP contribution in [0.25, 0.3) is 10.9 Å². The number of carbonyl (C=O) groups is 2. The lowest BCUT2D eigenvalue weighted by molar-refractivity contribution is -0.132. The van der Waals surface area contributed by atoms with E-state index in [9.17, 15) is 14.4 Å². The highest BCUT2D eigenvalue weighted by Gasteiger charge is 2.25. The van der Waals surface area contributed by atoms with Crippen LogP contribution in [0.3, 0.4) is 0 Å². The summed E-state index contributed by atoms with van der Waals surface area (Å²) in [6.07, 6.45) is 3.95. The van der Waals surface area contributed by atoms with Crippen molar-refractivity contribution in [3.63, 3.8) is 0 Å². The zero-order valence-corrected chi connectivity index (χ0v) is 19.2. The smallest absolute Gasteiger partial charge is 0.261 e. The Morgan fingerprint density at radius 1 is 1.00 bits per heavy atom. The Hall–Kier alpha value is -2.74. The first kappa shape index (κ1) is 22.5. The number of carbonyl (C=O) groups excluding carboxylic acids is 2. The maximum absolute atomic E-state index is 13.1. The monoisotopic (exact) mass is 439 g/mol. The van der Waals surface area contributed by atoms with Gasteiger partial charge in [0, 0.05) is 57.8 Å². The molecule has 3 heterocycles. The van der Waals surface area contributed by atoms with Crippen LogP contribution in [0.15, 0.2) is 23.0 Å². The molecule has 172 valence electrons. The first-order chi connectivity index (χ1) is 15.5. The summed E-state index contributed by atoms with van der Waals surface area (Å²) < 4.78 is 1.80. The molecule has 1 aromatic heterocycles. The van der Waals surface area contributed by atoms with Crippen LogP contribution in [-0.4, -0.2) is 81.9 Å². The van der Waals surface area contributed by atoms with Gasteiger partial charge in [-0.2, -0.15) is 0 Å². The van der Waals surface area contributed by atoms with Crippen molar-refractivity contribution in [1.82, 2.24) is 24.3 Å². The van der Waals surface area contributed by atoms with E-state index in [0.29, 0.717) is 49.2 Å². The van der Waals surface area contributed by atoms with Crippen LogP contribution in [0.4, 0.5) is 0 Å². The predicted molar refractivity (Wildman–Crippen MR) is 124 cm³/mol. The normalized spacial score (nSPS) is 17.1. The summed E-state index contributed by atoms with van der Waals surface area (Å²) in [6.45, 7) is 9.07. The molecule has 1 fully saturated rings. The fraction of sp³-hybridized carbons (Fsp3) is 0.583. The van der Waals surface area contributed by atoms with Gasteiger partial charge in [0.2, 0.25) is 5.91 Å². The molecule has 0 saturated carbocycles. The largest absolute Gasteiger partial charge is 0.342 e. The van der Waals surface area contributed by atoms with Crippen molar-refractivity contribution in [2.24, 2.45) is 0 Å². The van der Waals surface area contributed by atoms with Crippen molar-refractivity contribution in [3.8, 4) is 0 Å². The van der Waals surface area contributed by atoms with Crippen molar-refractivity contribution in [1.29, 1.82) is 0 Å². The number of aryl methyl sites for hydroxylation is 1. The predicted octanol–water partition coefficient (Wildman–Crippen LogP) is 1.75. The number of rotatable bonds is 5. The second kappa shape index (κ2) is 9.81. The molecule has 1 aromatic carbocycles. The summed E-state index contributed by atoms with van der Waals surface area (Å²) in [5.74, 6) is 0.926. The summed E-state index contributed by atoms with van der Waals surface area (Å²) in [6, 6.07) is 5.25. The standard InChI is InChI=1S/C24H33N5O3/c1-3-27(4-2)22(30)17-26-12-14-28(15-13-26)23(31)18-9-10-19-20(16-18)25-21-8-6-5-7-11-29(21)24(19)32/h9-10,16H,3-8,11-15,17H2,1-2H3. The quantitative estimate of drug-likeness (QED) is 0.709. The molecule has 2 amide bonds. The molecule has 0 radical (unpaired) electrons. The van der Waals surface area contributed by atoms with E-state index in [1.165, 1.54) is 0 Å². The van der Waals surface area contributed by atoms with Gasteiger partial charge in [-0.15, -0.1) is 0 Å². The van der Waals surface area contributed by atoms with E-state index in [1.54, 1.807) is 22.8 Å². The second-order valence-corrected chi connectivity index (χ2v) is 8.66. The van der Waals surface area contributed by atoms with Gasteiger partial charge >= 0.3 is 0 Å². The molecule has 0 unspecified atom stereocenters. The van der Waals surface area contributed by atoms with Crippen LogP contribution >= 0.6 is 0 Å². The molecule has 0 bridgehead atoms. The Balaban J connectivity index is 1.45. The summed E-state index contributed by atoms with van der Waals surface area (Å²) in [5, 5.41) is 0.576. The van der Waals surface area contributed by atoms with Crippen LogP contribution < -0.4 is 5.56 Å². The number of likely N-dealkylation sites (N-methyl/N-ethyl adjacent to an activating group) is 1. The number of nitrogens with zero attached hydrogens (tertiary/aromatic N) is 5. The third-order valence-electron chi connectivity index (χ3n) is 6.70. The van der Waals surface area contributed by atoms with Gasteiger partial charge in [-0.3, -0.25) is 23.9 Å². The fourth-order valence-corrected chi connectivity index (χ4v) is 4.71. The Labute approximate surface area is 188 Å². The minimum absolute atomic E-state index is 0.00242. The van der Waals surface area contributed by atoms with Gasteiger partial charge in [-0.05, 0) is 44.9 Å². The van der Waals surface area contributed by atoms with E-state index in [1.807, 2.05) is 23.6 Å². The SMILES string of the molecule is CCN(CC)C(=O)CN1CCN(C(=O)c2ccc3c(=O)n4c(nc3c2)CCCCC4)CC1. The maximum Gasteiger partial charge on any atom is 0.261 e. The summed E-state index contributed by atoms with van der Waals surface area (Å²) >= 11 is 0. The highest BCUT2D eigenvalue weighted by atomic mass is 16.2. The van der Waals surface area contributed by atoms with Gasteiger partial charge in [0.05, 0.1) is 17.4 Å². The Morgan fingerprint density at radius 2 is 1.75 bits per heavy atom.